The van der Waals surface area contributed by atoms with Crippen LogP contribution in [0.5, 0.6) is 0 Å². The minimum atomic E-state index is -0.0732. The number of carbonyl (C=O) groups excluding carboxylic acids is 1. The third-order valence-corrected chi connectivity index (χ3v) is 5.40. The second-order valence-corrected chi connectivity index (χ2v) is 7.98. The molecule has 1 N–H and O–H groups in total. The second kappa shape index (κ2) is 7.36. The van der Waals surface area contributed by atoms with Crippen molar-refractivity contribution in [3.63, 3.8) is 0 Å². The number of amides is 1. The molecule has 0 bridgehead atoms. The first kappa shape index (κ1) is 17.5. The molecule has 6 heteroatoms. The van der Waals surface area contributed by atoms with Crippen LogP contribution in [0.1, 0.15) is 23.2 Å². The normalized spacial score (nSPS) is 16.1. The van der Waals surface area contributed by atoms with Crippen LogP contribution >= 0.6 is 22.6 Å². The first-order valence-electron chi connectivity index (χ1n) is 8.75. The summed E-state index contributed by atoms with van der Waals surface area (Å²) in [4.78, 5) is 19.8. The van der Waals surface area contributed by atoms with E-state index in [4.69, 9.17) is 4.42 Å². The minimum absolute atomic E-state index is 0.0732. The lowest BCUT2D eigenvalue weighted by Gasteiger charge is -2.29. The molecule has 3 aromatic rings. The van der Waals surface area contributed by atoms with Crippen LogP contribution in [0.15, 0.2) is 46.9 Å². The third-order valence-electron chi connectivity index (χ3n) is 4.78. The van der Waals surface area contributed by atoms with Crippen molar-refractivity contribution >= 4 is 39.6 Å². The summed E-state index contributed by atoms with van der Waals surface area (Å²) in [7, 11) is 2.11. The van der Waals surface area contributed by atoms with Gasteiger partial charge in [-0.1, -0.05) is 18.2 Å². The van der Waals surface area contributed by atoms with Gasteiger partial charge >= 0.3 is 0 Å². The van der Waals surface area contributed by atoms with E-state index >= 15 is 0 Å². The Labute approximate surface area is 165 Å². The minimum Gasteiger partial charge on any atom is -0.436 e. The molecule has 1 amide bonds. The quantitative estimate of drug-likeness (QED) is 0.601. The highest BCUT2D eigenvalue weighted by Gasteiger charge is 2.22. The summed E-state index contributed by atoms with van der Waals surface area (Å²) in [6.45, 7) is 2.02. The van der Waals surface area contributed by atoms with E-state index in [9.17, 15) is 4.79 Å². The molecule has 134 valence electrons. The van der Waals surface area contributed by atoms with E-state index in [1.54, 1.807) is 0 Å². The highest BCUT2D eigenvalue weighted by atomic mass is 127. The van der Waals surface area contributed by atoms with Crippen LogP contribution in [-0.2, 0) is 0 Å². The fourth-order valence-electron chi connectivity index (χ4n) is 3.29. The lowest BCUT2D eigenvalue weighted by Crippen LogP contribution is -2.43. The first-order chi connectivity index (χ1) is 12.6. The van der Waals surface area contributed by atoms with Gasteiger partial charge in [-0.3, -0.25) is 4.79 Å². The summed E-state index contributed by atoms with van der Waals surface area (Å²) in [5, 5.41) is 3.17. The van der Waals surface area contributed by atoms with Gasteiger partial charge in [-0.25, -0.2) is 4.98 Å². The van der Waals surface area contributed by atoms with Gasteiger partial charge in [0.2, 0.25) is 5.89 Å². The highest BCUT2D eigenvalue weighted by molar-refractivity contribution is 14.1. The van der Waals surface area contributed by atoms with Gasteiger partial charge in [0.25, 0.3) is 5.91 Å². The number of benzene rings is 2. The molecule has 1 fully saturated rings. The molecule has 1 aliphatic rings. The Morgan fingerprint density at radius 1 is 1.23 bits per heavy atom. The number of aromatic nitrogens is 1. The molecule has 0 radical (unpaired) electrons. The van der Waals surface area contributed by atoms with Gasteiger partial charge < -0.3 is 14.6 Å². The van der Waals surface area contributed by atoms with Gasteiger partial charge in [0.15, 0.2) is 5.58 Å². The van der Waals surface area contributed by atoms with Gasteiger partial charge in [-0.05, 0) is 79.8 Å². The van der Waals surface area contributed by atoms with E-state index in [1.165, 1.54) is 0 Å². The smallest absolute Gasteiger partial charge is 0.253 e. The van der Waals surface area contributed by atoms with Crippen molar-refractivity contribution in [3.8, 4) is 11.5 Å². The van der Waals surface area contributed by atoms with Gasteiger partial charge in [0, 0.05) is 15.2 Å². The molecule has 2 heterocycles. The van der Waals surface area contributed by atoms with Crippen LogP contribution in [0.4, 0.5) is 0 Å². The van der Waals surface area contributed by atoms with Gasteiger partial charge in [-0.2, -0.15) is 0 Å². The van der Waals surface area contributed by atoms with Crippen LogP contribution in [0, 0.1) is 3.57 Å². The summed E-state index contributed by atoms with van der Waals surface area (Å²) in [6, 6.07) is 13.8. The zero-order valence-electron chi connectivity index (χ0n) is 14.5. The van der Waals surface area contributed by atoms with Crippen LogP contribution in [0.3, 0.4) is 0 Å². The van der Waals surface area contributed by atoms with Crippen molar-refractivity contribution in [3.05, 3.63) is 51.6 Å². The third kappa shape index (κ3) is 3.61. The lowest BCUT2D eigenvalue weighted by atomic mass is 10.0. The fourth-order valence-corrected chi connectivity index (χ4v) is 3.88. The zero-order valence-corrected chi connectivity index (χ0v) is 16.7. The van der Waals surface area contributed by atoms with Crippen LogP contribution in [0.25, 0.3) is 22.6 Å². The molecular weight excluding hydrogens is 441 g/mol. The number of rotatable bonds is 3. The fraction of sp³-hybridized carbons (Fsp3) is 0.300. The Bertz CT molecular complexity index is 931. The average Bonchev–Trinajstić information content (AvgIpc) is 3.07. The Morgan fingerprint density at radius 2 is 1.96 bits per heavy atom. The molecule has 0 saturated carbocycles. The number of hydrogen-bond donors (Lipinski definition) is 1. The SMILES string of the molecule is CN1CCC(NC(=O)c2cc(I)cc3oc(-c4ccccc4)nc23)CC1. The monoisotopic (exact) mass is 461 g/mol. The summed E-state index contributed by atoms with van der Waals surface area (Å²) in [6.07, 6.45) is 1.95. The molecular formula is C20H20IN3O2. The zero-order chi connectivity index (χ0) is 18.1. The highest BCUT2D eigenvalue weighted by Crippen LogP contribution is 2.28. The Hall–Kier alpha value is -1.93. The van der Waals surface area contributed by atoms with E-state index in [0.29, 0.717) is 22.6 Å². The summed E-state index contributed by atoms with van der Waals surface area (Å²) < 4.78 is 6.88. The maximum Gasteiger partial charge on any atom is 0.253 e. The molecule has 0 unspecified atom stereocenters. The van der Waals surface area contributed by atoms with Gasteiger partial charge in [0.1, 0.15) is 5.52 Å². The molecule has 1 aliphatic heterocycles. The van der Waals surface area contributed by atoms with Crippen molar-refractivity contribution in [1.29, 1.82) is 0 Å². The van der Waals surface area contributed by atoms with Crippen molar-refractivity contribution in [1.82, 2.24) is 15.2 Å². The molecule has 4 rings (SSSR count). The molecule has 1 aromatic heterocycles. The average molecular weight is 461 g/mol. The van der Waals surface area contributed by atoms with Crippen LogP contribution in [0.2, 0.25) is 0 Å². The number of carbonyl (C=O) groups is 1. The molecule has 0 spiro atoms. The number of fused-ring (bicyclic) bond motifs is 1. The first-order valence-corrected chi connectivity index (χ1v) is 9.83. The Morgan fingerprint density at radius 3 is 2.69 bits per heavy atom. The Balaban J connectivity index is 1.66. The number of piperidine rings is 1. The van der Waals surface area contributed by atoms with Gasteiger partial charge in [0.05, 0.1) is 5.56 Å². The number of oxazole rings is 1. The van der Waals surface area contributed by atoms with E-state index in [-0.39, 0.29) is 11.9 Å². The van der Waals surface area contributed by atoms with E-state index in [0.717, 1.165) is 35.1 Å². The maximum atomic E-state index is 12.9. The lowest BCUT2D eigenvalue weighted by molar-refractivity contribution is 0.0918. The number of nitrogens with zero attached hydrogens (tertiary/aromatic N) is 2. The summed E-state index contributed by atoms with van der Waals surface area (Å²) >= 11 is 2.21. The molecule has 0 aliphatic carbocycles. The van der Waals surface area contributed by atoms with Crippen LogP contribution in [-0.4, -0.2) is 42.0 Å². The molecule has 5 nitrogen and oxygen atoms in total. The summed E-state index contributed by atoms with van der Waals surface area (Å²) in [5.74, 6) is 0.465. The standard InChI is InChI=1S/C20H20IN3O2/c1-24-9-7-15(8-10-24)22-19(25)16-11-14(21)12-17-18(16)23-20(26-17)13-5-3-2-4-6-13/h2-6,11-12,15H,7-10H2,1H3,(H,22,25). The van der Waals surface area contributed by atoms with E-state index in [2.05, 4.69) is 44.8 Å². The number of halogens is 1. The number of hydrogen-bond acceptors (Lipinski definition) is 4. The van der Waals surface area contributed by atoms with Gasteiger partial charge in [-0.15, -0.1) is 0 Å². The van der Waals surface area contributed by atoms with Crippen molar-refractivity contribution < 1.29 is 9.21 Å². The topological polar surface area (TPSA) is 58.4 Å². The molecule has 0 atom stereocenters. The largest absolute Gasteiger partial charge is 0.436 e. The predicted octanol–water partition coefficient (Wildman–Crippen LogP) is 3.92. The summed E-state index contributed by atoms with van der Waals surface area (Å²) in [5.41, 5.74) is 2.75. The molecule has 26 heavy (non-hydrogen) atoms. The van der Waals surface area contributed by atoms with Crippen LogP contribution < -0.4 is 5.32 Å². The predicted molar refractivity (Wildman–Crippen MR) is 110 cm³/mol. The molecule has 2 aromatic carbocycles. The van der Waals surface area contributed by atoms with E-state index in [1.807, 2.05) is 42.5 Å². The van der Waals surface area contributed by atoms with E-state index < -0.39 is 0 Å². The molecule has 1 saturated heterocycles. The van der Waals surface area contributed by atoms with Crippen molar-refractivity contribution in [2.24, 2.45) is 0 Å². The second-order valence-electron chi connectivity index (χ2n) is 6.74. The maximum absolute atomic E-state index is 12.9. The Kier molecular flexibility index (Phi) is 4.95. The van der Waals surface area contributed by atoms with Crippen molar-refractivity contribution in [2.75, 3.05) is 20.1 Å². The van der Waals surface area contributed by atoms with Crippen molar-refractivity contribution in [2.45, 2.75) is 18.9 Å². The number of nitrogens with one attached hydrogen (secondary N) is 1. The number of likely N-dealkylation sites (tertiary alicyclic amines) is 1.